The second-order valence-electron chi connectivity index (χ2n) is 4.54. The van der Waals surface area contributed by atoms with Crippen molar-refractivity contribution < 1.29 is 4.74 Å². The van der Waals surface area contributed by atoms with Crippen molar-refractivity contribution in [2.24, 2.45) is 4.99 Å². The highest BCUT2D eigenvalue weighted by atomic mass is 16.5. The normalized spacial score (nSPS) is 11.5. The van der Waals surface area contributed by atoms with Crippen molar-refractivity contribution in [2.75, 3.05) is 0 Å². The third-order valence-corrected chi connectivity index (χ3v) is 1.65. The van der Waals surface area contributed by atoms with Gasteiger partial charge < -0.3 is 15.1 Å². The number of aliphatic imine (C=N–C) groups is 1. The van der Waals surface area contributed by atoms with E-state index in [1.165, 1.54) is 0 Å². The molecule has 0 heterocycles. The summed E-state index contributed by atoms with van der Waals surface area (Å²) in [6.45, 7) is 5.74. The molecule has 0 spiro atoms. The summed E-state index contributed by atoms with van der Waals surface area (Å²) >= 11 is 0. The van der Waals surface area contributed by atoms with Crippen LogP contribution in [0.15, 0.2) is 4.99 Å². The number of ether oxygens (including phenoxy) is 1. The second-order valence-corrected chi connectivity index (χ2v) is 4.54. The third-order valence-electron chi connectivity index (χ3n) is 1.65. The minimum absolute atomic E-state index is 0.0146. The van der Waals surface area contributed by atoms with Crippen molar-refractivity contribution >= 4 is 11.7 Å². The molecule has 0 aliphatic carbocycles. The van der Waals surface area contributed by atoms with E-state index in [0.717, 1.165) is 0 Å². The van der Waals surface area contributed by atoms with Crippen LogP contribution in [0.4, 0.5) is 0 Å². The van der Waals surface area contributed by atoms with E-state index in [4.69, 9.17) is 17.6 Å². The summed E-state index contributed by atoms with van der Waals surface area (Å²) in [6.07, 6.45) is 12.1. The molecular formula is C14H19N2O-. The zero-order valence-corrected chi connectivity index (χ0v) is 10.8. The number of terminal acetylenes is 2. The largest absolute Gasteiger partial charge is 0.496 e. The molecule has 0 N–H and O–H groups in total. The number of hydrogen-bond acceptors (Lipinski definition) is 1. The van der Waals surface area contributed by atoms with E-state index in [0.29, 0.717) is 31.6 Å². The van der Waals surface area contributed by atoms with Crippen LogP contribution < -0.4 is 0 Å². The molecule has 0 atom stereocenters. The maximum Gasteiger partial charge on any atom is 0.0997 e. The van der Waals surface area contributed by atoms with Gasteiger partial charge in [-0.25, -0.2) is 0 Å². The molecule has 0 aromatic rings. The van der Waals surface area contributed by atoms with Crippen molar-refractivity contribution in [1.82, 2.24) is 0 Å². The maximum absolute atomic E-state index is 9.55. The Bertz CT molecular complexity index is 361. The van der Waals surface area contributed by atoms with Gasteiger partial charge in [0.2, 0.25) is 0 Å². The highest BCUT2D eigenvalue weighted by Crippen LogP contribution is 2.11. The Kier molecular flexibility index (Phi) is 6.75. The van der Waals surface area contributed by atoms with Gasteiger partial charge in [-0.15, -0.1) is 24.7 Å². The molecule has 17 heavy (non-hydrogen) atoms. The van der Waals surface area contributed by atoms with Crippen molar-refractivity contribution in [1.29, 1.82) is 0 Å². The summed E-state index contributed by atoms with van der Waals surface area (Å²) in [4.78, 5) is 4.01. The summed E-state index contributed by atoms with van der Waals surface area (Å²) in [5.74, 6) is 5.39. The van der Waals surface area contributed by atoms with Crippen LogP contribution in [-0.2, 0) is 4.74 Å². The number of amidine groups is 1. The van der Waals surface area contributed by atoms with E-state index in [1.54, 1.807) is 0 Å². The van der Waals surface area contributed by atoms with Crippen LogP contribution in [0.25, 0.3) is 5.41 Å². The molecule has 0 fully saturated rings. The van der Waals surface area contributed by atoms with E-state index in [1.807, 2.05) is 20.8 Å². The van der Waals surface area contributed by atoms with Gasteiger partial charge in [0.25, 0.3) is 0 Å². The van der Waals surface area contributed by atoms with Crippen molar-refractivity contribution in [3.8, 4) is 24.7 Å². The minimum Gasteiger partial charge on any atom is -0.496 e. The highest BCUT2D eigenvalue weighted by Gasteiger charge is 2.11. The predicted molar refractivity (Wildman–Crippen MR) is 72.8 cm³/mol. The fourth-order valence-corrected chi connectivity index (χ4v) is 1.05. The van der Waals surface area contributed by atoms with Crippen LogP contribution in [0.1, 0.15) is 46.5 Å². The molecule has 3 nitrogen and oxygen atoms in total. The molecule has 3 heteroatoms. The number of hydrogen-bond donors (Lipinski definition) is 0. The Morgan fingerprint density at radius 2 is 1.71 bits per heavy atom. The van der Waals surface area contributed by atoms with Crippen LogP contribution in [-0.4, -0.2) is 17.3 Å². The van der Waals surface area contributed by atoms with Crippen LogP contribution in [0.2, 0.25) is 0 Å². The lowest BCUT2D eigenvalue weighted by atomic mass is 10.2. The molecule has 0 unspecified atom stereocenters. The molecule has 0 aromatic heterocycles. The van der Waals surface area contributed by atoms with E-state index >= 15 is 0 Å². The topological polar surface area (TPSA) is 43.9 Å². The molecule has 0 rings (SSSR count). The lowest BCUT2D eigenvalue weighted by molar-refractivity contribution is 0.112. The van der Waals surface area contributed by atoms with Gasteiger partial charge in [0.1, 0.15) is 0 Å². The van der Waals surface area contributed by atoms with Gasteiger partial charge >= 0.3 is 0 Å². The zero-order valence-electron chi connectivity index (χ0n) is 10.8. The Hall–Kier alpha value is -1.74. The maximum atomic E-state index is 9.55. The minimum atomic E-state index is -0.361. The first kappa shape index (κ1) is 15.3. The third kappa shape index (κ3) is 9.20. The monoisotopic (exact) mass is 231 g/mol. The Morgan fingerprint density at radius 3 is 2.18 bits per heavy atom. The van der Waals surface area contributed by atoms with Gasteiger partial charge in [0.15, 0.2) is 0 Å². The molecule has 0 radical (unpaired) electrons. The molecule has 0 saturated carbocycles. The summed E-state index contributed by atoms with van der Waals surface area (Å²) in [7, 11) is 0. The second kappa shape index (κ2) is 7.52. The van der Waals surface area contributed by atoms with E-state index in [9.17, 15) is 5.41 Å². The van der Waals surface area contributed by atoms with Gasteiger partial charge in [0.05, 0.1) is 11.5 Å². The van der Waals surface area contributed by atoms with E-state index < -0.39 is 0 Å². The van der Waals surface area contributed by atoms with Crippen LogP contribution in [0, 0.1) is 24.7 Å². The summed E-state index contributed by atoms with van der Waals surface area (Å²) in [6, 6.07) is 0. The molecule has 0 aliphatic heterocycles. The smallest absolute Gasteiger partial charge is 0.0997 e. The van der Waals surface area contributed by atoms with Crippen molar-refractivity contribution in [2.45, 2.75) is 52.1 Å². The van der Waals surface area contributed by atoms with E-state index in [2.05, 4.69) is 16.8 Å². The average Bonchev–Trinajstić information content (AvgIpc) is 2.21. The molecule has 0 aliphatic rings. The Labute approximate surface area is 104 Å². The molecule has 0 saturated heterocycles. The number of rotatable bonds is 4. The SMILES string of the molecule is C#CCCC(=[N-])N=C(CCC#C)OC(C)(C)C. The lowest BCUT2D eigenvalue weighted by Gasteiger charge is -2.26. The standard InChI is InChI=1S/C14H19N2O/c1-6-8-10-12(15)16-13(11-9-7-2)17-14(3,4)5/h1-2H,8-11H2,3-5H3/q-1. The average molecular weight is 231 g/mol. The van der Waals surface area contributed by atoms with Crippen LogP contribution in [0.5, 0.6) is 0 Å². The summed E-state index contributed by atoms with van der Waals surface area (Å²) in [5, 5.41) is 9.55. The molecular weight excluding hydrogens is 212 g/mol. The fourth-order valence-electron chi connectivity index (χ4n) is 1.05. The number of nitrogens with zero attached hydrogens (tertiary/aromatic N) is 2. The van der Waals surface area contributed by atoms with E-state index in [-0.39, 0.29) is 11.4 Å². The Balaban J connectivity index is 4.56. The lowest BCUT2D eigenvalue weighted by Crippen LogP contribution is -2.24. The Morgan fingerprint density at radius 1 is 1.18 bits per heavy atom. The molecule has 0 amide bonds. The van der Waals surface area contributed by atoms with Crippen molar-refractivity contribution in [3.63, 3.8) is 0 Å². The highest BCUT2D eigenvalue weighted by molar-refractivity contribution is 5.96. The quantitative estimate of drug-likeness (QED) is 0.416. The summed E-state index contributed by atoms with van der Waals surface area (Å²) < 4.78 is 5.61. The predicted octanol–water partition coefficient (Wildman–Crippen LogP) is 2.99. The molecule has 92 valence electrons. The molecule has 0 bridgehead atoms. The first-order chi connectivity index (χ1) is 7.89. The summed E-state index contributed by atoms with van der Waals surface area (Å²) in [5.41, 5.74) is -0.361. The van der Waals surface area contributed by atoms with Gasteiger partial charge in [-0.05, 0) is 27.2 Å². The van der Waals surface area contributed by atoms with Gasteiger partial charge in [0, 0.05) is 19.3 Å². The fraction of sp³-hybridized carbons (Fsp3) is 0.571. The first-order valence-corrected chi connectivity index (χ1v) is 5.57. The van der Waals surface area contributed by atoms with Crippen LogP contribution >= 0.6 is 0 Å². The molecule has 0 aromatic carbocycles. The first-order valence-electron chi connectivity index (χ1n) is 5.57. The van der Waals surface area contributed by atoms with Gasteiger partial charge in [-0.2, -0.15) is 0 Å². The van der Waals surface area contributed by atoms with Gasteiger partial charge in [-0.1, -0.05) is 5.84 Å². The van der Waals surface area contributed by atoms with Gasteiger partial charge in [-0.3, -0.25) is 0 Å². The van der Waals surface area contributed by atoms with Crippen LogP contribution in [0.3, 0.4) is 0 Å². The van der Waals surface area contributed by atoms with Crippen molar-refractivity contribution in [3.05, 3.63) is 5.41 Å². The zero-order chi connectivity index (χ0) is 13.3.